The second kappa shape index (κ2) is 6.01. The van der Waals surface area contributed by atoms with Crippen LogP contribution in [-0.4, -0.2) is 29.1 Å². The molecule has 6 heteroatoms. The van der Waals surface area contributed by atoms with Crippen molar-refractivity contribution in [3.63, 3.8) is 0 Å². The number of nitrogens with zero attached hydrogens (tertiary/aromatic N) is 2. The minimum absolute atomic E-state index is 0.159. The summed E-state index contributed by atoms with van der Waals surface area (Å²) >= 11 is 0. The Bertz CT molecular complexity index is 548. The first-order valence-electron chi connectivity index (χ1n) is 5.86. The highest BCUT2D eigenvalue weighted by Crippen LogP contribution is 2.14. The number of primary amides is 1. The highest BCUT2D eigenvalue weighted by Gasteiger charge is 2.04. The summed E-state index contributed by atoms with van der Waals surface area (Å²) in [6.07, 6.45) is 3.67. The zero-order valence-corrected chi connectivity index (χ0v) is 10.7. The monoisotopic (exact) mass is 260 g/mol. The lowest BCUT2D eigenvalue weighted by molar-refractivity contribution is -0.117. The predicted molar refractivity (Wildman–Crippen MR) is 71.0 cm³/mol. The normalized spacial score (nSPS) is 10.4. The number of nitrogens with two attached hydrogens (primary N) is 1. The van der Waals surface area contributed by atoms with Crippen LogP contribution in [0.3, 0.4) is 0 Å². The molecule has 6 nitrogen and oxygen atoms in total. The summed E-state index contributed by atoms with van der Waals surface area (Å²) in [5, 5.41) is 2.98. The van der Waals surface area contributed by atoms with Crippen molar-refractivity contribution in [2.24, 2.45) is 5.73 Å². The van der Waals surface area contributed by atoms with Gasteiger partial charge in [0.1, 0.15) is 0 Å². The standard InChI is InChI=1S/C13H16N4O2/c1-19-13-5-4-11(8-16-13)17-6-2-3-10(17)7-15-9-12(14)18/h2-6,8,15H,7,9H2,1H3,(H2,14,18). The van der Waals surface area contributed by atoms with Crippen molar-refractivity contribution < 1.29 is 9.53 Å². The molecule has 0 bridgehead atoms. The van der Waals surface area contributed by atoms with E-state index in [1.54, 1.807) is 19.4 Å². The van der Waals surface area contributed by atoms with E-state index in [9.17, 15) is 4.79 Å². The fourth-order valence-corrected chi connectivity index (χ4v) is 1.76. The van der Waals surface area contributed by atoms with Crippen molar-refractivity contribution in [1.29, 1.82) is 0 Å². The Labute approximate surface area is 111 Å². The van der Waals surface area contributed by atoms with Crippen molar-refractivity contribution in [2.45, 2.75) is 6.54 Å². The van der Waals surface area contributed by atoms with Crippen LogP contribution in [-0.2, 0) is 11.3 Å². The summed E-state index contributed by atoms with van der Waals surface area (Å²) in [5.41, 5.74) is 7.03. The first kappa shape index (κ1) is 13.1. The van der Waals surface area contributed by atoms with Gasteiger partial charge in [-0.1, -0.05) is 0 Å². The lowest BCUT2D eigenvalue weighted by Gasteiger charge is -2.09. The molecule has 0 unspecified atom stereocenters. The number of carbonyl (C=O) groups excluding carboxylic acids is 1. The Kier molecular flexibility index (Phi) is 4.15. The molecular formula is C13H16N4O2. The molecule has 2 aromatic rings. The lowest BCUT2D eigenvalue weighted by Crippen LogP contribution is -2.28. The third-order valence-corrected chi connectivity index (χ3v) is 2.65. The number of hydrogen-bond donors (Lipinski definition) is 2. The van der Waals surface area contributed by atoms with Gasteiger partial charge in [-0.3, -0.25) is 4.79 Å². The van der Waals surface area contributed by atoms with E-state index in [4.69, 9.17) is 10.5 Å². The van der Waals surface area contributed by atoms with Crippen LogP contribution in [0.2, 0.25) is 0 Å². The van der Waals surface area contributed by atoms with Gasteiger partial charge in [0.25, 0.3) is 0 Å². The maximum absolute atomic E-state index is 10.7. The molecule has 0 saturated heterocycles. The molecule has 100 valence electrons. The topological polar surface area (TPSA) is 82.2 Å². The fourth-order valence-electron chi connectivity index (χ4n) is 1.76. The molecular weight excluding hydrogens is 244 g/mol. The fraction of sp³-hybridized carbons (Fsp3) is 0.231. The van der Waals surface area contributed by atoms with Gasteiger partial charge in [0.05, 0.1) is 25.5 Å². The van der Waals surface area contributed by atoms with E-state index >= 15 is 0 Å². The maximum atomic E-state index is 10.7. The third-order valence-electron chi connectivity index (χ3n) is 2.65. The van der Waals surface area contributed by atoms with Crippen molar-refractivity contribution in [2.75, 3.05) is 13.7 Å². The van der Waals surface area contributed by atoms with Crippen LogP contribution in [0.1, 0.15) is 5.69 Å². The van der Waals surface area contributed by atoms with Gasteiger partial charge in [0, 0.05) is 24.5 Å². The Morgan fingerprint density at radius 2 is 2.32 bits per heavy atom. The number of ether oxygens (including phenoxy) is 1. The number of aromatic nitrogens is 2. The molecule has 0 radical (unpaired) electrons. The molecule has 0 fully saturated rings. The van der Waals surface area contributed by atoms with Crippen LogP contribution in [0.15, 0.2) is 36.7 Å². The summed E-state index contributed by atoms with van der Waals surface area (Å²) in [7, 11) is 1.58. The van der Waals surface area contributed by atoms with Gasteiger partial charge < -0.3 is 20.4 Å². The van der Waals surface area contributed by atoms with Crippen molar-refractivity contribution in [1.82, 2.24) is 14.9 Å². The summed E-state index contributed by atoms with van der Waals surface area (Å²) in [6.45, 7) is 0.716. The predicted octanol–water partition coefficient (Wildman–Crippen LogP) is 0.456. The highest BCUT2D eigenvalue weighted by atomic mass is 16.5. The summed E-state index contributed by atoms with van der Waals surface area (Å²) < 4.78 is 7.01. The largest absolute Gasteiger partial charge is 0.481 e. The van der Waals surface area contributed by atoms with Gasteiger partial charge in [0.2, 0.25) is 11.8 Å². The van der Waals surface area contributed by atoms with Gasteiger partial charge in [-0.15, -0.1) is 0 Å². The Morgan fingerprint density at radius 3 is 2.95 bits per heavy atom. The number of methoxy groups -OCH3 is 1. The average Bonchev–Trinajstić information content (AvgIpc) is 2.87. The number of nitrogens with one attached hydrogen (secondary N) is 1. The van der Waals surface area contributed by atoms with E-state index in [0.717, 1.165) is 11.4 Å². The maximum Gasteiger partial charge on any atom is 0.231 e. The molecule has 0 atom stereocenters. The zero-order chi connectivity index (χ0) is 13.7. The third kappa shape index (κ3) is 3.32. The number of rotatable bonds is 6. The first-order valence-corrected chi connectivity index (χ1v) is 5.86. The highest BCUT2D eigenvalue weighted by molar-refractivity contribution is 5.75. The summed E-state index contributed by atoms with van der Waals surface area (Å²) in [4.78, 5) is 14.8. The van der Waals surface area contributed by atoms with E-state index in [-0.39, 0.29) is 12.5 Å². The van der Waals surface area contributed by atoms with E-state index < -0.39 is 0 Å². The molecule has 0 saturated carbocycles. The van der Waals surface area contributed by atoms with Crippen molar-refractivity contribution >= 4 is 5.91 Å². The van der Waals surface area contributed by atoms with Crippen LogP contribution < -0.4 is 15.8 Å². The molecule has 0 aliphatic rings. The van der Waals surface area contributed by atoms with Gasteiger partial charge in [0.15, 0.2) is 0 Å². The lowest BCUT2D eigenvalue weighted by atomic mass is 10.3. The van der Waals surface area contributed by atoms with Crippen LogP contribution in [0.4, 0.5) is 0 Å². The molecule has 0 aromatic carbocycles. The van der Waals surface area contributed by atoms with Gasteiger partial charge in [-0.25, -0.2) is 4.98 Å². The zero-order valence-electron chi connectivity index (χ0n) is 10.7. The Hall–Kier alpha value is -2.34. The van der Waals surface area contributed by atoms with Crippen LogP contribution in [0.5, 0.6) is 5.88 Å². The van der Waals surface area contributed by atoms with Crippen LogP contribution in [0, 0.1) is 0 Å². The molecule has 2 rings (SSSR count). The second-order valence-corrected chi connectivity index (χ2v) is 4.00. The van der Waals surface area contributed by atoms with Crippen LogP contribution in [0.25, 0.3) is 5.69 Å². The molecule has 1 amide bonds. The minimum Gasteiger partial charge on any atom is -0.481 e. The minimum atomic E-state index is -0.371. The Morgan fingerprint density at radius 1 is 1.47 bits per heavy atom. The average molecular weight is 260 g/mol. The number of pyridine rings is 1. The SMILES string of the molecule is COc1ccc(-n2cccc2CNCC(N)=O)cn1. The second-order valence-electron chi connectivity index (χ2n) is 4.00. The van der Waals surface area contributed by atoms with Crippen LogP contribution >= 0.6 is 0 Å². The van der Waals surface area contributed by atoms with Gasteiger partial charge in [-0.2, -0.15) is 0 Å². The van der Waals surface area contributed by atoms with E-state index in [1.165, 1.54) is 0 Å². The number of hydrogen-bond acceptors (Lipinski definition) is 4. The summed E-state index contributed by atoms with van der Waals surface area (Å²) in [6, 6.07) is 7.63. The molecule has 2 aromatic heterocycles. The molecule has 3 N–H and O–H groups in total. The quantitative estimate of drug-likeness (QED) is 0.790. The molecule has 2 heterocycles. The number of carbonyl (C=O) groups is 1. The first-order chi connectivity index (χ1) is 9.20. The van der Waals surface area contributed by atoms with E-state index in [1.807, 2.05) is 29.0 Å². The smallest absolute Gasteiger partial charge is 0.231 e. The van der Waals surface area contributed by atoms with Gasteiger partial charge in [-0.05, 0) is 18.2 Å². The molecule has 0 aliphatic carbocycles. The van der Waals surface area contributed by atoms with Gasteiger partial charge >= 0.3 is 0 Å². The van der Waals surface area contributed by atoms with E-state index in [0.29, 0.717) is 12.4 Å². The number of amides is 1. The molecule has 0 spiro atoms. The van der Waals surface area contributed by atoms with E-state index in [2.05, 4.69) is 10.3 Å². The van der Waals surface area contributed by atoms with Crippen molar-refractivity contribution in [3.8, 4) is 11.6 Å². The van der Waals surface area contributed by atoms with Crippen molar-refractivity contribution in [3.05, 3.63) is 42.4 Å². The Balaban J connectivity index is 2.11. The summed E-state index contributed by atoms with van der Waals surface area (Å²) in [5.74, 6) is 0.202. The molecule has 0 aliphatic heterocycles. The molecule has 19 heavy (non-hydrogen) atoms.